The highest BCUT2D eigenvalue weighted by molar-refractivity contribution is 5.64. The van der Waals surface area contributed by atoms with Crippen molar-refractivity contribution in [2.75, 3.05) is 23.8 Å². The van der Waals surface area contributed by atoms with E-state index in [0.717, 1.165) is 48.9 Å². The predicted octanol–water partition coefficient (Wildman–Crippen LogP) is 3.82. The molecule has 4 rings (SSSR count). The van der Waals surface area contributed by atoms with Gasteiger partial charge >= 0.3 is 0 Å². The number of hydrogen-bond donors (Lipinski definition) is 3. The third kappa shape index (κ3) is 4.43. The molecule has 1 aromatic carbocycles. The molecule has 1 fully saturated rings. The van der Waals surface area contributed by atoms with E-state index in [1.807, 2.05) is 31.2 Å². The molecule has 7 nitrogen and oxygen atoms in total. The molecular weight excluding hydrogens is 340 g/mol. The van der Waals surface area contributed by atoms with Crippen LogP contribution in [0.2, 0.25) is 0 Å². The highest BCUT2D eigenvalue weighted by Crippen LogP contribution is 2.24. The van der Waals surface area contributed by atoms with Crippen LogP contribution in [0, 0.1) is 13.8 Å². The number of hydrogen-bond acceptors (Lipinski definition) is 6. The molecule has 1 aliphatic rings. The summed E-state index contributed by atoms with van der Waals surface area (Å²) in [5.41, 5.74) is 3.18. The summed E-state index contributed by atoms with van der Waals surface area (Å²) >= 11 is 0. The van der Waals surface area contributed by atoms with Crippen LogP contribution in [-0.4, -0.2) is 39.4 Å². The third-order valence-corrected chi connectivity index (χ3v) is 4.57. The van der Waals surface area contributed by atoms with Crippen molar-refractivity contribution in [2.45, 2.75) is 32.7 Å². The van der Waals surface area contributed by atoms with E-state index in [1.54, 1.807) is 0 Å². The molecule has 3 heterocycles. The monoisotopic (exact) mass is 364 g/mol. The van der Waals surface area contributed by atoms with Crippen LogP contribution < -0.4 is 10.6 Å². The topological polar surface area (TPSA) is 87.8 Å². The summed E-state index contributed by atoms with van der Waals surface area (Å²) in [5, 5.41) is 14.0. The minimum atomic E-state index is 0.361. The standard InChI is InChI=1S/C20H24N6O/c1-13-3-5-15(6-4-13)20-23-17(21-16-7-9-27-10-8-16)12-18(24-20)22-19-11-14(2)25-26-19/h3-6,11-12,16H,7-10H2,1-2H3,(H3,21,22,23,24,25,26). The average Bonchev–Trinajstić information content (AvgIpc) is 3.07. The Morgan fingerprint density at radius 1 is 0.963 bits per heavy atom. The summed E-state index contributed by atoms with van der Waals surface area (Å²) in [7, 11) is 0. The van der Waals surface area contributed by atoms with E-state index in [9.17, 15) is 0 Å². The fourth-order valence-corrected chi connectivity index (χ4v) is 3.08. The molecule has 0 bridgehead atoms. The Kier molecular flexibility index (Phi) is 5.02. The Labute approximate surface area is 158 Å². The van der Waals surface area contributed by atoms with Gasteiger partial charge in [-0.05, 0) is 26.7 Å². The van der Waals surface area contributed by atoms with Crippen molar-refractivity contribution in [3.05, 3.63) is 47.7 Å². The molecule has 0 amide bonds. The number of benzene rings is 1. The number of aromatic nitrogens is 4. The van der Waals surface area contributed by atoms with Crippen molar-refractivity contribution < 1.29 is 4.74 Å². The SMILES string of the molecule is Cc1ccc(-c2nc(Nc3cc(C)[nH]n3)cc(NC3CCOCC3)n2)cc1. The van der Waals surface area contributed by atoms with Crippen LogP contribution in [0.4, 0.5) is 17.5 Å². The van der Waals surface area contributed by atoms with Gasteiger partial charge in [0, 0.05) is 42.6 Å². The highest BCUT2D eigenvalue weighted by Gasteiger charge is 2.16. The number of anilines is 3. The fraction of sp³-hybridized carbons (Fsp3) is 0.350. The number of rotatable bonds is 5. The molecule has 140 valence electrons. The number of ether oxygens (including phenoxy) is 1. The van der Waals surface area contributed by atoms with E-state index in [0.29, 0.717) is 17.7 Å². The van der Waals surface area contributed by atoms with Gasteiger partial charge in [0.2, 0.25) is 0 Å². The van der Waals surface area contributed by atoms with E-state index in [2.05, 4.69) is 39.9 Å². The Hall–Kier alpha value is -2.93. The second-order valence-electron chi connectivity index (χ2n) is 6.92. The van der Waals surface area contributed by atoms with E-state index < -0.39 is 0 Å². The van der Waals surface area contributed by atoms with Gasteiger partial charge in [-0.2, -0.15) is 5.10 Å². The second-order valence-corrected chi connectivity index (χ2v) is 6.92. The Morgan fingerprint density at radius 2 is 1.70 bits per heavy atom. The van der Waals surface area contributed by atoms with Gasteiger partial charge in [-0.3, -0.25) is 5.10 Å². The van der Waals surface area contributed by atoms with Crippen molar-refractivity contribution in [1.82, 2.24) is 20.2 Å². The molecule has 0 saturated carbocycles. The molecule has 1 aliphatic heterocycles. The van der Waals surface area contributed by atoms with Crippen LogP contribution in [0.1, 0.15) is 24.1 Å². The first-order valence-electron chi connectivity index (χ1n) is 9.25. The fourth-order valence-electron chi connectivity index (χ4n) is 3.08. The van der Waals surface area contributed by atoms with Gasteiger partial charge in [0.1, 0.15) is 11.6 Å². The van der Waals surface area contributed by atoms with Crippen LogP contribution in [0.15, 0.2) is 36.4 Å². The summed E-state index contributed by atoms with van der Waals surface area (Å²) in [5.74, 6) is 2.93. The zero-order chi connectivity index (χ0) is 18.6. The second kappa shape index (κ2) is 7.75. The molecule has 1 saturated heterocycles. The van der Waals surface area contributed by atoms with Crippen LogP contribution in [-0.2, 0) is 4.74 Å². The maximum atomic E-state index is 5.45. The van der Waals surface area contributed by atoms with Gasteiger partial charge in [-0.15, -0.1) is 0 Å². The van der Waals surface area contributed by atoms with Crippen LogP contribution in [0.25, 0.3) is 11.4 Å². The van der Waals surface area contributed by atoms with Gasteiger partial charge in [0.15, 0.2) is 11.6 Å². The van der Waals surface area contributed by atoms with Crippen molar-refractivity contribution in [3.8, 4) is 11.4 Å². The molecule has 3 aromatic rings. The Balaban J connectivity index is 1.65. The lowest BCUT2D eigenvalue weighted by Gasteiger charge is -2.24. The van der Waals surface area contributed by atoms with Crippen molar-refractivity contribution in [3.63, 3.8) is 0 Å². The maximum absolute atomic E-state index is 5.45. The first-order chi connectivity index (χ1) is 13.2. The zero-order valence-corrected chi connectivity index (χ0v) is 15.6. The maximum Gasteiger partial charge on any atom is 0.163 e. The first-order valence-corrected chi connectivity index (χ1v) is 9.25. The van der Waals surface area contributed by atoms with Crippen LogP contribution in [0.5, 0.6) is 0 Å². The Morgan fingerprint density at radius 3 is 2.41 bits per heavy atom. The summed E-state index contributed by atoms with van der Waals surface area (Å²) < 4.78 is 5.45. The van der Waals surface area contributed by atoms with E-state index in [-0.39, 0.29) is 0 Å². The molecule has 0 aliphatic carbocycles. The van der Waals surface area contributed by atoms with Crippen molar-refractivity contribution >= 4 is 17.5 Å². The molecule has 27 heavy (non-hydrogen) atoms. The zero-order valence-electron chi connectivity index (χ0n) is 15.6. The van der Waals surface area contributed by atoms with E-state index in [4.69, 9.17) is 14.7 Å². The van der Waals surface area contributed by atoms with Gasteiger partial charge in [-0.25, -0.2) is 9.97 Å². The summed E-state index contributed by atoms with van der Waals surface area (Å²) in [6.45, 7) is 5.60. The summed E-state index contributed by atoms with van der Waals surface area (Å²) in [6.07, 6.45) is 1.95. The molecule has 0 spiro atoms. The summed E-state index contributed by atoms with van der Waals surface area (Å²) in [6, 6.07) is 12.5. The number of H-pyrrole nitrogens is 1. The lowest BCUT2D eigenvalue weighted by atomic mass is 10.1. The average molecular weight is 364 g/mol. The normalized spacial score (nSPS) is 14.9. The quantitative estimate of drug-likeness (QED) is 0.638. The van der Waals surface area contributed by atoms with Gasteiger partial charge in [0.25, 0.3) is 0 Å². The Bertz CT molecular complexity index is 899. The molecule has 2 aromatic heterocycles. The summed E-state index contributed by atoms with van der Waals surface area (Å²) in [4.78, 5) is 9.43. The van der Waals surface area contributed by atoms with Gasteiger partial charge in [-0.1, -0.05) is 29.8 Å². The molecule has 7 heteroatoms. The lowest BCUT2D eigenvalue weighted by Crippen LogP contribution is -2.28. The third-order valence-electron chi connectivity index (χ3n) is 4.57. The smallest absolute Gasteiger partial charge is 0.163 e. The minimum absolute atomic E-state index is 0.361. The number of nitrogens with zero attached hydrogens (tertiary/aromatic N) is 3. The molecule has 3 N–H and O–H groups in total. The minimum Gasteiger partial charge on any atom is -0.381 e. The van der Waals surface area contributed by atoms with E-state index in [1.165, 1.54) is 5.56 Å². The lowest BCUT2D eigenvalue weighted by molar-refractivity contribution is 0.0904. The van der Waals surface area contributed by atoms with E-state index >= 15 is 0 Å². The van der Waals surface area contributed by atoms with Crippen LogP contribution in [0.3, 0.4) is 0 Å². The molecular formula is C20H24N6O. The number of aryl methyl sites for hydroxylation is 2. The number of aromatic amines is 1. The van der Waals surface area contributed by atoms with Crippen molar-refractivity contribution in [2.24, 2.45) is 0 Å². The van der Waals surface area contributed by atoms with Crippen LogP contribution >= 0.6 is 0 Å². The molecule has 0 radical (unpaired) electrons. The number of nitrogens with one attached hydrogen (secondary N) is 3. The van der Waals surface area contributed by atoms with Crippen molar-refractivity contribution in [1.29, 1.82) is 0 Å². The molecule has 0 unspecified atom stereocenters. The largest absolute Gasteiger partial charge is 0.381 e. The van der Waals surface area contributed by atoms with Gasteiger partial charge < -0.3 is 15.4 Å². The van der Waals surface area contributed by atoms with Gasteiger partial charge in [0.05, 0.1) is 0 Å². The predicted molar refractivity (Wildman–Crippen MR) is 106 cm³/mol. The molecule has 0 atom stereocenters. The first kappa shape index (κ1) is 17.5. The highest BCUT2D eigenvalue weighted by atomic mass is 16.5.